The van der Waals surface area contributed by atoms with E-state index in [1.807, 2.05) is 36.4 Å². The molecule has 0 spiro atoms. The lowest BCUT2D eigenvalue weighted by molar-refractivity contribution is -0.122. The fraction of sp³-hybridized carbons (Fsp3) is 0.381. The van der Waals surface area contributed by atoms with Crippen LogP contribution in [0.4, 0.5) is 5.69 Å². The van der Waals surface area contributed by atoms with Crippen molar-refractivity contribution in [2.75, 3.05) is 38.7 Å². The van der Waals surface area contributed by atoms with Crippen molar-refractivity contribution >= 4 is 33.5 Å². The number of benzene rings is 2. The van der Waals surface area contributed by atoms with Gasteiger partial charge >= 0.3 is 0 Å². The highest BCUT2D eigenvalue weighted by molar-refractivity contribution is 6.07. The van der Waals surface area contributed by atoms with Crippen LogP contribution >= 0.6 is 0 Å². The summed E-state index contributed by atoms with van der Waals surface area (Å²) in [5.74, 6) is 0.530. The number of para-hydroxylation sites is 1. The first kappa shape index (κ1) is 17.8. The molecule has 6 heteroatoms. The molecule has 6 nitrogen and oxygen atoms in total. The van der Waals surface area contributed by atoms with Crippen molar-refractivity contribution < 1.29 is 18.7 Å². The quantitative estimate of drug-likeness (QED) is 0.762. The number of carbonyl (C=O) groups excluding carboxylic acids is 1. The first-order valence-corrected chi connectivity index (χ1v) is 9.10. The third kappa shape index (κ3) is 3.38. The maximum Gasteiger partial charge on any atom is 0.238 e. The van der Waals surface area contributed by atoms with Gasteiger partial charge in [-0.15, -0.1) is 0 Å². The highest BCUT2D eigenvalue weighted by atomic mass is 16.5. The number of rotatable bonds is 4. The van der Waals surface area contributed by atoms with Crippen molar-refractivity contribution in [1.82, 2.24) is 4.90 Å². The molecule has 0 unspecified atom stereocenters. The number of furan rings is 1. The fourth-order valence-electron chi connectivity index (χ4n) is 3.56. The second kappa shape index (κ2) is 6.87. The standard InChI is InChI=1S/C21H24N2O4/c1-21(2)13-26-9-8-23(21)12-20(24)22-16-11-18-15(10-19(16)25-3)14-6-4-5-7-17(14)27-18/h4-7,10-11H,8-9,12-13H2,1-3H3,(H,22,24). The van der Waals surface area contributed by atoms with E-state index in [1.165, 1.54) is 0 Å². The van der Waals surface area contributed by atoms with Gasteiger partial charge in [0, 0.05) is 28.9 Å². The van der Waals surface area contributed by atoms with Gasteiger partial charge in [-0.05, 0) is 26.0 Å². The van der Waals surface area contributed by atoms with Crippen molar-refractivity contribution in [2.24, 2.45) is 0 Å². The van der Waals surface area contributed by atoms with Crippen LogP contribution in [-0.4, -0.2) is 49.8 Å². The van der Waals surface area contributed by atoms with E-state index in [2.05, 4.69) is 24.1 Å². The Labute approximate surface area is 158 Å². The van der Waals surface area contributed by atoms with Gasteiger partial charge in [-0.25, -0.2) is 0 Å². The number of carbonyl (C=O) groups is 1. The molecule has 1 aliphatic rings. The molecule has 2 aromatic carbocycles. The fourth-order valence-corrected chi connectivity index (χ4v) is 3.56. The third-order valence-corrected chi connectivity index (χ3v) is 5.12. The molecule has 27 heavy (non-hydrogen) atoms. The highest BCUT2D eigenvalue weighted by Crippen LogP contribution is 2.36. The Kier molecular flexibility index (Phi) is 4.53. The molecule has 2 heterocycles. The molecule has 0 aliphatic carbocycles. The van der Waals surface area contributed by atoms with Crippen molar-refractivity contribution in [3.63, 3.8) is 0 Å². The van der Waals surface area contributed by atoms with Gasteiger partial charge < -0.3 is 19.2 Å². The minimum atomic E-state index is -0.164. The summed E-state index contributed by atoms with van der Waals surface area (Å²) in [6.07, 6.45) is 0. The van der Waals surface area contributed by atoms with Gasteiger partial charge in [0.05, 0.1) is 32.6 Å². The molecule has 1 aromatic heterocycles. The average Bonchev–Trinajstić information content (AvgIpc) is 3.00. The molecular weight excluding hydrogens is 344 g/mol. The van der Waals surface area contributed by atoms with E-state index in [4.69, 9.17) is 13.9 Å². The third-order valence-electron chi connectivity index (χ3n) is 5.12. The van der Waals surface area contributed by atoms with Crippen LogP contribution in [0.1, 0.15) is 13.8 Å². The molecule has 3 aromatic rings. The van der Waals surface area contributed by atoms with E-state index in [0.717, 1.165) is 28.5 Å². The zero-order chi connectivity index (χ0) is 19.0. The van der Waals surface area contributed by atoms with Crippen LogP contribution in [0.25, 0.3) is 21.9 Å². The number of fused-ring (bicyclic) bond motifs is 3. The maximum atomic E-state index is 12.7. The molecule has 0 radical (unpaired) electrons. The van der Waals surface area contributed by atoms with Crippen LogP contribution in [0, 0.1) is 0 Å². The van der Waals surface area contributed by atoms with E-state index in [9.17, 15) is 4.79 Å². The molecule has 0 saturated carbocycles. The number of methoxy groups -OCH3 is 1. The van der Waals surface area contributed by atoms with Gasteiger partial charge in [-0.3, -0.25) is 9.69 Å². The molecule has 0 bridgehead atoms. The maximum absolute atomic E-state index is 12.7. The smallest absolute Gasteiger partial charge is 0.238 e. The molecule has 1 fully saturated rings. The van der Waals surface area contributed by atoms with Gasteiger partial charge in [0.1, 0.15) is 16.9 Å². The SMILES string of the molecule is COc1cc2c(cc1NC(=O)CN1CCOCC1(C)C)oc1ccccc12. The van der Waals surface area contributed by atoms with Crippen molar-refractivity contribution in [3.05, 3.63) is 36.4 Å². The first-order chi connectivity index (χ1) is 13.0. The summed E-state index contributed by atoms with van der Waals surface area (Å²) in [5, 5.41) is 4.97. The summed E-state index contributed by atoms with van der Waals surface area (Å²) in [4.78, 5) is 14.8. The first-order valence-electron chi connectivity index (χ1n) is 9.10. The van der Waals surface area contributed by atoms with Crippen LogP contribution in [0.2, 0.25) is 0 Å². The lowest BCUT2D eigenvalue weighted by Gasteiger charge is -2.41. The Morgan fingerprint density at radius 1 is 1.22 bits per heavy atom. The van der Waals surface area contributed by atoms with Crippen LogP contribution in [0.15, 0.2) is 40.8 Å². The molecule has 1 N–H and O–H groups in total. The summed E-state index contributed by atoms with van der Waals surface area (Å²) < 4.78 is 17.0. The summed E-state index contributed by atoms with van der Waals surface area (Å²) in [6, 6.07) is 11.6. The van der Waals surface area contributed by atoms with Crippen molar-refractivity contribution in [1.29, 1.82) is 0 Å². The Balaban J connectivity index is 1.61. The molecule has 4 rings (SSSR count). The van der Waals surface area contributed by atoms with E-state index in [1.54, 1.807) is 7.11 Å². The normalized spacial score (nSPS) is 17.3. The van der Waals surface area contributed by atoms with Gasteiger partial charge in [0.25, 0.3) is 0 Å². The Morgan fingerprint density at radius 3 is 2.81 bits per heavy atom. The molecule has 1 aliphatic heterocycles. The zero-order valence-corrected chi connectivity index (χ0v) is 15.9. The Morgan fingerprint density at radius 2 is 2.04 bits per heavy atom. The number of anilines is 1. The topological polar surface area (TPSA) is 63.9 Å². The van der Waals surface area contributed by atoms with Gasteiger partial charge in [-0.2, -0.15) is 0 Å². The molecule has 142 valence electrons. The Hall–Kier alpha value is -2.57. The van der Waals surface area contributed by atoms with Gasteiger partial charge in [0.2, 0.25) is 5.91 Å². The summed E-state index contributed by atoms with van der Waals surface area (Å²) in [7, 11) is 1.60. The number of hydrogen-bond donors (Lipinski definition) is 1. The summed E-state index contributed by atoms with van der Waals surface area (Å²) in [6.45, 7) is 6.47. The van der Waals surface area contributed by atoms with Crippen LogP contribution in [0.3, 0.4) is 0 Å². The number of hydrogen-bond acceptors (Lipinski definition) is 5. The van der Waals surface area contributed by atoms with Crippen LogP contribution in [0.5, 0.6) is 5.75 Å². The summed E-state index contributed by atoms with van der Waals surface area (Å²) in [5.41, 5.74) is 1.98. The lowest BCUT2D eigenvalue weighted by atomic mass is 10.0. The monoisotopic (exact) mass is 368 g/mol. The van der Waals surface area contributed by atoms with E-state index in [-0.39, 0.29) is 11.4 Å². The minimum absolute atomic E-state index is 0.0845. The zero-order valence-electron chi connectivity index (χ0n) is 15.9. The minimum Gasteiger partial charge on any atom is -0.495 e. The predicted octanol–water partition coefficient (Wildman–Crippen LogP) is 3.64. The Bertz CT molecular complexity index is 992. The van der Waals surface area contributed by atoms with E-state index in [0.29, 0.717) is 31.2 Å². The molecule has 0 atom stereocenters. The number of morpholine rings is 1. The lowest BCUT2D eigenvalue weighted by Crippen LogP contribution is -2.55. The largest absolute Gasteiger partial charge is 0.495 e. The van der Waals surface area contributed by atoms with Crippen molar-refractivity contribution in [3.8, 4) is 5.75 Å². The van der Waals surface area contributed by atoms with Gasteiger partial charge in [-0.1, -0.05) is 18.2 Å². The van der Waals surface area contributed by atoms with Gasteiger partial charge in [0.15, 0.2) is 0 Å². The second-order valence-corrected chi connectivity index (χ2v) is 7.48. The van der Waals surface area contributed by atoms with Crippen LogP contribution in [-0.2, 0) is 9.53 Å². The number of amides is 1. The summed E-state index contributed by atoms with van der Waals surface area (Å²) >= 11 is 0. The number of ether oxygens (including phenoxy) is 2. The average molecular weight is 368 g/mol. The van der Waals surface area contributed by atoms with E-state index >= 15 is 0 Å². The molecular formula is C21H24N2O4. The number of nitrogens with zero attached hydrogens (tertiary/aromatic N) is 1. The highest BCUT2D eigenvalue weighted by Gasteiger charge is 2.31. The predicted molar refractivity (Wildman–Crippen MR) is 105 cm³/mol. The second-order valence-electron chi connectivity index (χ2n) is 7.48. The molecule has 1 saturated heterocycles. The van der Waals surface area contributed by atoms with E-state index < -0.39 is 0 Å². The van der Waals surface area contributed by atoms with Crippen molar-refractivity contribution in [2.45, 2.75) is 19.4 Å². The van der Waals surface area contributed by atoms with Crippen LogP contribution < -0.4 is 10.1 Å². The molecule has 1 amide bonds. The number of nitrogens with one attached hydrogen (secondary N) is 1.